The minimum absolute atomic E-state index is 0.397. The third-order valence-corrected chi connectivity index (χ3v) is 3.39. The Balaban J connectivity index is 2.31. The molecule has 2 rings (SSSR count). The van der Waals surface area contributed by atoms with E-state index in [0.29, 0.717) is 17.8 Å². The van der Waals surface area contributed by atoms with Crippen molar-refractivity contribution in [1.82, 2.24) is 4.98 Å². The van der Waals surface area contributed by atoms with E-state index in [-0.39, 0.29) is 0 Å². The van der Waals surface area contributed by atoms with E-state index in [1.165, 1.54) is 7.11 Å². The summed E-state index contributed by atoms with van der Waals surface area (Å²) in [6, 6.07) is 7.64. The standard InChI is InChI=1S/C16H19N3O2/c1-11-8-13(9-14(15(11)17)16(20)21-3)19(2)10-12-4-6-18-7-5-12/h4-9H,10,17H2,1-3H3. The van der Waals surface area contributed by atoms with Gasteiger partial charge in [0.2, 0.25) is 0 Å². The van der Waals surface area contributed by atoms with Gasteiger partial charge in [0.15, 0.2) is 0 Å². The maximum atomic E-state index is 11.8. The van der Waals surface area contributed by atoms with Gasteiger partial charge in [-0.05, 0) is 42.3 Å². The smallest absolute Gasteiger partial charge is 0.340 e. The number of nitrogens with zero attached hydrogens (tertiary/aromatic N) is 2. The van der Waals surface area contributed by atoms with Gasteiger partial charge >= 0.3 is 5.97 Å². The minimum atomic E-state index is -0.422. The van der Waals surface area contributed by atoms with Crippen molar-refractivity contribution in [1.29, 1.82) is 0 Å². The Morgan fingerprint density at radius 1 is 1.33 bits per heavy atom. The van der Waals surface area contributed by atoms with Gasteiger partial charge < -0.3 is 15.4 Å². The molecule has 0 aliphatic rings. The van der Waals surface area contributed by atoms with E-state index in [1.807, 2.05) is 37.1 Å². The number of rotatable bonds is 4. The molecule has 2 N–H and O–H groups in total. The molecule has 5 nitrogen and oxygen atoms in total. The van der Waals surface area contributed by atoms with Crippen molar-refractivity contribution in [3.8, 4) is 0 Å². The van der Waals surface area contributed by atoms with E-state index in [1.54, 1.807) is 18.5 Å². The Hall–Kier alpha value is -2.56. The van der Waals surface area contributed by atoms with Crippen molar-refractivity contribution in [3.05, 3.63) is 53.3 Å². The summed E-state index contributed by atoms with van der Waals surface area (Å²) >= 11 is 0. The van der Waals surface area contributed by atoms with Gasteiger partial charge in [-0.25, -0.2) is 4.79 Å². The second-order valence-corrected chi connectivity index (χ2v) is 4.93. The first kappa shape index (κ1) is 14.8. The molecule has 0 radical (unpaired) electrons. The lowest BCUT2D eigenvalue weighted by molar-refractivity contribution is 0.0602. The highest BCUT2D eigenvalue weighted by Gasteiger charge is 2.15. The van der Waals surface area contributed by atoms with Crippen LogP contribution in [0.5, 0.6) is 0 Å². The number of methoxy groups -OCH3 is 1. The van der Waals surface area contributed by atoms with E-state index >= 15 is 0 Å². The number of anilines is 2. The maximum Gasteiger partial charge on any atom is 0.340 e. The molecule has 0 aliphatic carbocycles. The zero-order chi connectivity index (χ0) is 15.4. The molecule has 1 heterocycles. The highest BCUT2D eigenvalue weighted by molar-refractivity contribution is 5.97. The number of aryl methyl sites for hydroxylation is 1. The lowest BCUT2D eigenvalue weighted by Crippen LogP contribution is -2.18. The fourth-order valence-electron chi connectivity index (χ4n) is 2.13. The molecule has 110 valence electrons. The number of pyridine rings is 1. The Bertz CT molecular complexity index is 641. The SMILES string of the molecule is COC(=O)c1cc(N(C)Cc2ccncc2)cc(C)c1N. The fraction of sp³-hybridized carbons (Fsp3) is 0.250. The van der Waals surface area contributed by atoms with Crippen LogP contribution in [0.1, 0.15) is 21.5 Å². The van der Waals surface area contributed by atoms with Crippen molar-refractivity contribution in [2.75, 3.05) is 24.8 Å². The topological polar surface area (TPSA) is 68.5 Å². The first-order chi connectivity index (χ1) is 10.0. The molecule has 0 unspecified atom stereocenters. The molecule has 21 heavy (non-hydrogen) atoms. The van der Waals surface area contributed by atoms with Crippen LogP contribution in [0.3, 0.4) is 0 Å². The van der Waals surface area contributed by atoms with Gasteiger partial charge in [0.25, 0.3) is 0 Å². The van der Waals surface area contributed by atoms with Crippen LogP contribution >= 0.6 is 0 Å². The molecule has 1 aromatic carbocycles. The molecule has 0 saturated heterocycles. The summed E-state index contributed by atoms with van der Waals surface area (Å²) in [7, 11) is 3.32. The summed E-state index contributed by atoms with van der Waals surface area (Å²) in [6.45, 7) is 2.60. The average molecular weight is 285 g/mol. The number of hydrogen-bond acceptors (Lipinski definition) is 5. The molecule has 1 aromatic heterocycles. The van der Waals surface area contributed by atoms with Crippen LogP contribution in [-0.2, 0) is 11.3 Å². The van der Waals surface area contributed by atoms with Gasteiger partial charge in [0.1, 0.15) is 0 Å². The molecule has 5 heteroatoms. The number of carbonyl (C=O) groups excluding carboxylic acids is 1. The molecule has 0 amide bonds. The summed E-state index contributed by atoms with van der Waals surface area (Å²) in [5.74, 6) is -0.422. The van der Waals surface area contributed by atoms with E-state index in [4.69, 9.17) is 10.5 Å². The summed E-state index contributed by atoms with van der Waals surface area (Å²) in [4.78, 5) is 17.8. The quantitative estimate of drug-likeness (QED) is 0.690. The van der Waals surface area contributed by atoms with Crippen LogP contribution in [0.4, 0.5) is 11.4 Å². The molecule has 0 spiro atoms. The van der Waals surface area contributed by atoms with Crippen molar-refractivity contribution >= 4 is 17.3 Å². The van der Waals surface area contributed by atoms with Crippen LogP contribution in [0, 0.1) is 6.92 Å². The van der Waals surface area contributed by atoms with Gasteiger partial charge in [0, 0.05) is 37.4 Å². The summed E-state index contributed by atoms with van der Waals surface area (Å²) in [5, 5.41) is 0. The van der Waals surface area contributed by atoms with Crippen molar-refractivity contribution in [3.63, 3.8) is 0 Å². The third-order valence-electron chi connectivity index (χ3n) is 3.39. The zero-order valence-corrected chi connectivity index (χ0v) is 12.5. The molecule has 0 atom stereocenters. The second kappa shape index (κ2) is 6.26. The van der Waals surface area contributed by atoms with Gasteiger partial charge in [-0.1, -0.05) is 0 Å². The predicted octanol–water partition coefficient (Wildman–Crippen LogP) is 2.40. The van der Waals surface area contributed by atoms with Crippen molar-refractivity contribution in [2.24, 2.45) is 0 Å². The van der Waals surface area contributed by atoms with Gasteiger partial charge in [-0.3, -0.25) is 4.98 Å². The van der Waals surface area contributed by atoms with Crippen molar-refractivity contribution < 1.29 is 9.53 Å². The summed E-state index contributed by atoms with van der Waals surface area (Å²) < 4.78 is 4.78. The second-order valence-electron chi connectivity index (χ2n) is 4.93. The molecule has 2 aromatic rings. The Kier molecular flexibility index (Phi) is 4.42. The Labute approximate surface area is 124 Å². The number of ether oxygens (including phenoxy) is 1. The first-order valence-corrected chi connectivity index (χ1v) is 6.61. The predicted molar refractivity (Wildman–Crippen MR) is 83.3 cm³/mol. The number of carbonyl (C=O) groups is 1. The van der Waals surface area contributed by atoms with Gasteiger partial charge in [-0.15, -0.1) is 0 Å². The van der Waals surface area contributed by atoms with Crippen molar-refractivity contribution in [2.45, 2.75) is 13.5 Å². The molecule has 0 aliphatic heterocycles. The number of hydrogen-bond donors (Lipinski definition) is 1. The Morgan fingerprint density at radius 2 is 2.00 bits per heavy atom. The largest absolute Gasteiger partial charge is 0.465 e. The monoisotopic (exact) mass is 285 g/mol. The van der Waals surface area contributed by atoms with Gasteiger partial charge in [0.05, 0.1) is 12.7 Å². The summed E-state index contributed by atoms with van der Waals surface area (Å²) in [5.41, 5.74) is 9.72. The normalized spacial score (nSPS) is 10.2. The number of benzene rings is 1. The fourth-order valence-corrected chi connectivity index (χ4v) is 2.13. The van der Waals surface area contributed by atoms with E-state index in [2.05, 4.69) is 4.98 Å². The average Bonchev–Trinajstić information content (AvgIpc) is 2.50. The van der Waals surface area contributed by atoms with Gasteiger partial charge in [-0.2, -0.15) is 0 Å². The lowest BCUT2D eigenvalue weighted by Gasteiger charge is -2.21. The molecule has 0 saturated carbocycles. The van der Waals surface area contributed by atoms with E-state index < -0.39 is 5.97 Å². The van der Waals surface area contributed by atoms with Crippen LogP contribution < -0.4 is 10.6 Å². The minimum Gasteiger partial charge on any atom is -0.465 e. The Morgan fingerprint density at radius 3 is 2.62 bits per heavy atom. The van der Waals surface area contributed by atoms with E-state index in [0.717, 1.165) is 16.8 Å². The molecule has 0 bridgehead atoms. The molecule has 0 fully saturated rings. The molecular weight excluding hydrogens is 266 g/mol. The van der Waals surface area contributed by atoms with Crippen LogP contribution in [-0.4, -0.2) is 25.1 Å². The van der Waals surface area contributed by atoms with Crippen LogP contribution in [0.25, 0.3) is 0 Å². The number of nitrogen functional groups attached to an aromatic ring is 1. The lowest BCUT2D eigenvalue weighted by atomic mass is 10.1. The van der Waals surface area contributed by atoms with Crippen LogP contribution in [0.2, 0.25) is 0 Å². The summed E-state index contributed by atoms with van der Waals surface area (Å²) in [6.07, 6.45) is 3.52. The number of esters is 1. The zero-order valence-electron chi connectivity index (χ0n) is 12.5. The van der Waals surface area contributed by atoms with Crippen LogP contribution in [0.15, 0.2) is 36.7 Å². The highest BCUT2D eigenvalue weighted by atomic mass is 16.5. The van der Waals surface area contributed by atoms with E-state index in [9.17, 15) is 4.79 Å². The number of aromatic nitrogens is 1. The maximum absolute atomic E-state index is 11.8. The molecular formula is C16H19N3O2. The number of nitrogens with two attached hydrogens (primary N) is 1. The first-order valence-electron chi connectivity index (χ1n) is 6.61. The highest BCUT2D eigenvalue weighted by Crippen LogP contribution is 2.26. The third kappa shape index (κ3) is 3.31.